The lowest BCUT2D eigenvalue weighted by Crippen LogP contribution is -2.37. The predicted molar refractivity (Wildman–Crippen MR) is 107 cm³/mol. The van der Waals surface area contributed by atoms with E-state index in [4.69, 9.17) is 0 Å². The monoisotopic (exact) mass is 388 g/mol. The maximum absolute atomic E-state index is 13.2. The molecule has 0 aliphatic heterocycles. The largest absolute Gasteiger partial charge is 0.822 e. The van der Waals surface area contributed by atoms with Gasteiger partial charge in [-0.25, -0.2) is 0 Å². The van der Waals surface area contributed by atoms with Gasteiger partial charge in [0.05, 0.1) is 15.4 Å². The molecule has 0 fully saturated rings. The van der Waals surface area contributed by atoms with E-state index in [1.54, 1.807) is 16.7 Å². The molecule has 0 amide bonds. The Morgan fingerprint density at radius 1 is 0.821 bits per heavy atom. The van der Waals surface area contributed by atoms with Gasteiger partial charge in [-0.1, -0.05) is 59.9 Å². The van der Waals surface area contributed by atoms with Crippen molar-refractivity contribution in [1.82, 2.24) is 0 Å². The number of benzene rings is 3. The number of rotatable bonds is 5. The molecule has 3 aromatic carbocycles. The summed E-state index contributed by atoms with van der Waals surface area (Å²) in [5.74, 6) is -0.0958. The van der Waals surface area contributed by atoms with E-state index in [0.29, 0.717) is 17.0 Å². The third kappa shape index (κ3) is 3.50. The van der Waals surface area contributed by atoms with Crippen LogP contribution in [0.5, 0.6) is 5.88 Å². The second-order valence-electron chi connectivity index (χ2n) is 6.28. The first-order valence-corrected chi connectivity index (χ1v) is 9.53. The first-order chi connectivity index (χ1) is 13.6. The molecule has 0 aliphatic carbocycles. The Bertz CT molecular complexity index is 1110. The van der Waals surface area contributed by atoms with Crippen LogP contribution >= 0.6 is 11.3 Å². The average Bonchev–Trinajstić information content (AvgIpc) is 3.06. The van der Waals surface area contributed by atoms with Crippen molar-refractivity contribution < 1.29 is 14.6 Å². The molecule has 0 bridgehead atoms. The minimum atomic E-state index is -0.443. The summed E-state index contributed by atoms with van der Waals surface area (Å²) >= 11 is 1.41. The third-order valence-corrected chi connectivity index (χ3v) is 5.69. The first-order valence-electron chi connectivity index (χ1n) is 8.71. The molecule has 28 heavy (non-hydrogen) atoms. The molecule has 4 rings (SSSR count). The Kier molecular flexibility index (Phi) is 4.87. The van der Waals surface area contributed by atoms with Gasteiger partial charge in [-0.15, -0.1) is 0 Å². The van der Waals surface area contributed by atoms with Crippen molar-refractivity contribution in [3.63, 3.8) is 0 Å². The molecular formula is C22H16N2O3S. The number of hydrogen-bond donors (Lipinski definition) is 0. The number of non-ortho nitro benzene ring substituents is 1. The number of nitrogens with zero attached hydrogens (tertiary/aromatic N) is 2. The summed E-state index contributed by atoms with van der Waals surface area (Å²) in [6, 6.07) is 25.7. The van der Waals surface area contributed by atoms with Crippen LogP contribution in [0.1, 0.15) is 5.56 Å². The van der Waals surface area contributed by atoms with Crippen molar-refractivity contribution in [3.05, 3.63) is 101 Å². The van der Waals surface area contributed by atoms with Gasteiger partial charge in [0, 0.05) is 17.7 Å². The maximum Gasteiger partial charge on any atom is 0.269 e. The van der Waals surface area contributed by atoms with Crippen LogP contribution in [0.2, 0.25) is 0 Å². The topological polar surface area (TPSA) is 70.1 Å². The molecule has 1 heterocycles. The minimum Gasteiger partial charge on any atom is -0.822 e. The predicted octanol–water partition coefficient (Wildman–Crippen LogP) is 4.40. The van der Waals surface area contributed by atoms with E-state index in [-0.39, 0.29) is 11.6 Å². The highest BCUT2D eigenvalue weighted by atomic mass is 32.1. The number of aromatic nitrogens is 1. The van der Waals surface area contributed by atoms with Crippen LogP contribution in [0.15, 0.2) is 84.9 Å². The summed E-state index contributed by atoms with van der Waals surface area (Å²) in [4.78, 5) is 11.0. The lowest BCUT2D eigenvalue weighted by Gasteiger charge is -2.06. The molecule has 0 saturated heterocycles. The molecule has 0 saturated carbocycles. The van der Waals surface area contributed by atoms with Crippen LogP contribution in [0.3, 0.4) is 0 Å². The van der Waals surface area contributed by atoms with Crippen molar-refractivity contribution in [2.24, 2.45) is 0 Å². The zero-order valence-corrected chi connectivity index (χ0v) is 15.6. The van der Waals surface area contributed by atoms with Crippen molar-refractivity contribution in [1.29, 1.82) is 0 Å². The van der Waals surface area contributed by atoms with Gasteiger partial charge in [-0.05, 0) is 29.8 Å². The Morgan fingerprint density at radius 2 is 1.43 bits per heavy atom. The summed E-state index contributed by atoms with van der Waals surface area (Å²) in [7, 11) is 0. The zero-order valence-electron chi connectivity index (χ0n) is 14.8. The standard InChI is InChI=1S/C22H16N2O3S/c25-21-20(17-11-13-19(14-12-17)24(26)27)28-22(18-9-5-2-6-10-18)23(21)15-16-7-3-1-4-8-16/h1-14H,15H2. The number of hydrogen-bond acceptors (Lipinski definition) is 4. The van der Waals surface area contributed by atoms with Gasteiger partial charge < -0.3 is 5.11 Å². The summed E-state index contributed by atoms with van der Waals surface area (Å²) < 4.78 is 1.77. The van der Waals surface area contributed by atoms with Crippen LogP contribution in [-0.2, 0) is 6.54 Å². The van der Waals surface area contributed by atoms with Gasteiger partial charge >= 0.3 is 0 Å². The molecule has 0 atom stereocenters. The number of thiazole rings is 1. The number of nitro benzene ring substituents is 1. The average molecular weight is 388 g/mol. The van der Waals surface area contributed by atoms with Crippen LogP contribution in [0, 0.1) is 10.1 Å². The Balaban J connectivity index is 1.83. The van der Waals surface area contributed by atoms with Crippen LogP contribution < -0.4 is 9.67 Å². The molecular weight excluding hydrogens is 372 g/mol. The van der Waals surface area contributed by atoms with Gasteiger partial charge in [-0.3, -0.25) is 10.1 Å². The van der Waals surface area contributed by atoms with Crippen molar-refractivity contribution in [2.75, 3.05) is 0 Å². The summed E-state index contributed by atoms with van der Waals surface area (Å²) in [5, 5.41) is 25.0. The van der Waals surface area contributed by atoms with Crippen LogP contribution in [0.4, 0.5) is 5.69 Å². The van der Waals surface area contributed by atoms with E-state index in [9.17, 15) is 15.2 Å². The van der Waals surface area contributed by atoms with E-state index in [0.717, 1.165) is 16.1 Å². The van der Waals surface area contributed by atoms with Crippen LogP contribution in [0.25, 0.3) is 21.0 Å². The van der Waals surface area contributed by atoms with Gasteiger partial charge in [0.2, 0.25) is 0 Å². The van der Waals surface area contributed by atoms with Crippen molar-refractivity contribution in [2.45, 2.75) is 6.54 Å². The molecule has 138 valence electrons. The summed E-state index contributed by atoms with van der Waals surface area (Å²) in [5.41, 5.74) is 2.70. The van der Waals surface area contributed by atoms with Gasteiger partial charge in [0.1, 0.15) is 0 Å². The SMILES string of the molecule is O=[N+]([O-])c1ccc(-c2sc(-c3ccccc3)[n+](Cc3ccccc3)c2[O-])cc1. The fraction of sp³-hybridized carbons (Fsp3) is 0.0455. The Hall–Kier alpha value is -3.51. The van der Waals surface area contributed by atoms with Gasteiger partial charge in [0.15, 0.2) is 12.4 Å². The lowest BCUT2D eigenvalue weighted by atomic mass is 10.1. The molecule has 0 unspecified atom stereocenters. The highest BCUT2D eigenvalue weighted by molar-refractivity contribution is 7.18. The zero-order chi connectivity index (χ0) is 19.5. The van der Waals surface area contributed by atoms with Crippen molar-refractivity contribution >= 4 is 17.0 Å². The van der Waals surface area contributed by atoms with E-state index >= 15 is 0 Å². The van der Waals surface area contributed by atoms with E-state index in [1.165, 1.54) is 23.5 Å². The van der Waals surface area contributed by atoms with Crippen molar-refractivity contribution in [3.8, 4) is 26.9 Å². The highest BCUT2D eigenvalue weighted by Gasteiger charge is 2.23. The maximum atomic E-state index is 13.2. The quantitative estimate of drug-likeness (QED) is 0.289. The van der Waals surface area contributed by atoms with Gasteiger partial charge in [0.25, 0.3) is 10.7 Å². The lowest BCUT2D eigenvalue weighted by molar-refractivity contribution is -0.714. The fourth-order valence-electron chi connectivity index (χ4n) is 3.03. The summed E-state index contributed by atoms with van der Waals surface area (Å²) in [6.07, 6.45) is 0. The Morgan fingerprint density at radius 3 is 2.04 bits per heavy atom. The molecule has 6 heteroatoms. The second kappa shape index (κ2) is 7.62. The highest BCUT2D eigenvalue weighted by Crippen LogP contribution is 2.37. The molecule has 0 N–H and O–H groups in total. The third-order valence-electron chi connectivity index (χ3n) is 4.43. The Labute approximate surface area is 165 Å². The van der Waals surface area contributed by atoms with E-state index in [2.05, 4.69) is 0 Å². The first kappa shape index (κ1) is 17.9. The van der Waals surface area contributed by atoms with E-state index < -0.39 is 4.92 Å². The second-order valence-corrected chi connectivity index (χ2v) is 7.28. The smallest absolute Gasteiger partial charge is 0.269 e. The minimum absolute atomic E-state index is 0.00759. The van der Waals surface area contributed by atoms with Crippen LogP contribution in [-0.4, -0.2) is 4.92 Å². The molecule has 1 aromatic heterocycles. The van der Waals surface area contributed by atoms with Gasteiger partial charge in [-0.2, -0.15) is 4.57 Å². The molecule has 4 aromatic rings. The number of nitro groups is 1. The molecule has 0 aliphatic rings. The normalized spacial score (nSPS) is 10.7. The summed E-state index contributed by atoms with van der Waals surface area (Å²) in [6.45, 7) is 0.466. The molecule has 0 radical (unpaired) electrons. The molecule has 5 nitrogen and oxygen atoms in total. The fourth-order valence-corrected chi connectivity index (χ4v) is 4.19. The van der Waals surface area contributed by atoms with E-state index in [1.807, 2.05) is 60.7 Å². The molecule has 0 spiro atoms.